The van der Waals surface area contributed by atoms with Gasteiger partial charge in [0.1, 0.15) is 0 Å². The highest BCUT2D eigenvalue weighted by atomic mass is 32.1. The maximum absolute atomic E-state index is 14.6. The van der Waals surface area contributed by atoms with Crippen molar-refractivity contribution in [2.24, 2.45) is 5.92 Å². The quantitative estimate of drug-likeness (QED) is 0.0280. The molecular formula is C66H94OS6. The number of thiophene rings is 6. The minimum absolute atomic E-state index is 0.103. The summed E-state index contributed by atoms with van der Waals surface area (Å²) in [5.41, 5.74) is 6.31. The standard InChI is InChI=1S/C66H94OS6/c1-9-15-20-24-28-32-37-49-41-46(7)68-60(49)64-55-45-58(59(67)48(14-6)36-19-13-5)72-65(55)66(73-64)61-50(38-33-29-25-21-16-10-2)43-56(70-61)57-44-54-52(40-35-31-27-23-18-12-4)62-53(42-47(8)69-62)51(63(54)71-57)39-34-30-26-22-17-11-3/h41-45,48H,9-40H2,1-8H3. The van der Waals surface area contributed by atoms with E-state index in [9.17, 15) is 4.79 Å². The SMILES string of the molecule is CCCCCCCCc1cc(C)sc1-c1sc(-c2sc(-c3cc4c(CCCCCCCC)c5sc(C)cc5c(CCCCCCCC)c4s3)cc2CCCCCCCC)c2sc(C(=O)C(CC)CCCC)cc12. The molecule has 6 heterocycles. The number of rotatable bonds is 37. The average Bonchev–Trinajstić information content (AvgIpc) is 4.26. The normalized spacial score (nSPS) is 12.5. The third kappa shape index (κ3) is 15.5. The molecule has 7 rings (SSSR count). The largest absolute Gasteiger partial charge is 0.293 e. The Kier molecular flexibility index (Phi) is 24.6. The second-order valence-electron chi connectivity index (χ2n) is 21.9. The van der Waals surface area contributed by atoms with Crippen LogP contribution in [-0.4, -0.2) is 5.78 Å². The van der Waals surface area contributed by atoms with Crippen LogP contribution >= 0.6 is 68.0 Å². The number of ketones is 1. The third-order valence-electron chi connectivity index (χ3n) is 15.7. The van der Waals surface area contributed by atoms with Gasteiger partial charge in [-0.1, -0.05) is 183 Å². The number of fused-ring (bicyclic) bond motifs is 3. The Morgan fingerprint density at radius 1 is 0.384 bits per heavy atom. The number of carbonyl (C=O) groups excluding carboxylic acids is 1. The summed E-state index contributed by atoms with van der Waals surface area (Å²) in [4.78, 5) is 27.1. The van der Waals surface area contributed by atoms with Gasteiger partial charge >= 0.3 is 0 Å². The van der Waals surface area contributed by atoms with E-state index >= 15 is 0 Å². The molecule has 1 unspecified atom stereocenters. The van der Waals surface area contributed by atoms with Crippen molar-refractivity contribution < 1.29 is 4.79 Å². The van der Waals surface area contributed by atoms with Gasteiger partial charge in [0.2, 0.25) is 0 Å². The van der Waals surface area contributed by atoms with Gasteiger partial charge in [-0.2, -0.15) is 0 Å². The fraction of sp³-hybridized carbons (Fsp3) is 0.621. The van der Waals surface area contributed by atoms with E-state index in [1.807, 2.05) is 22.7 Å². The van der Waals surface area contributed by atoms with Crippen LogP contribution < -0.4 is 0 Å². The zero-order valence-electron chi connectivity index (χ0n) is 46.9. The summed E-state index contributed by atoms with van der Waals surface area (Å²) >= 11 is 12.1. The molecular weight excluding hydrogens is 1000 g/mol. The fourth-order valence-corrected chi connectivity index (χ4v) is 19.2. The summed E-state index contributed by atoms with van der Waals surface area (Å²) in [5.74, 6) is 0.480. The lowest BCUT2D eigenvalue weighted by atomic mass is 9.94. The topological polar surface area (TPSA) is 17.1 Å². The van der Waals surface area contributed by atoms with Crippen molar-refractivity contribution >= 4 is 104 Å². The summed E-state index contributed by atoms with van der Waals surface area (Å²) in [6.45, 7) is 18.4. The van der Waals surface area contributed by atoms with Crippen LogP contribution in [0.5, 0.6) is 0 Å². The second-order valence-corrected chi connectivity index (χ2v) is 28.6. The summed E-state index contributed by atoms with van der Waals surface area (Å²) in [5, 5.41) is 4.45. The van der Waals surface area contributed by atoms with Gasteiger partial charge in [0.05, 0.1) is 19.3 Å². The predicted molar refractivity (Wildman–Crippen MR) is 338 cm³/mol. The summed E-state index contributed by atoms with van der Waals surface area (Å²) in [7, 11) is 0. The Morgan fingerprint density at radius 2 is 0.849 bits per heavy atom. The number of aryl methyl sites for hydroxylation is 6. The van der Waals surface area contributed by atoms with E-state index in [1.54, 1.807) is 31.3 Å². The molecule has 7 heteroatoms. The minimum Gasteiger partial charge on any atom is -0.293 e. The Balaban J connectivity index is 1.35. The van der Waals surface area contributed by atoms with E-state index in [0.717, 1.165) is 43.4 Å². The van der Waals surface area contributed by atoms with Crippen LogP contribution in [0.15, 0.2) is 30.3 Å². The Morgan fingerprint density at radius 3 is 1.41 bits per heavy atom. The Labute approximate surface area is 468 Å². The first kappa shape index (κ1) is 58.6. The van der Waals surface area contributed by atoms with Gasteiger partial charge in [0.25, 0.3) is 0 Å². The number of benzene rings is 1. The molecule has 0 saturated heterocycles. The first-order valence-corrected chi connectivity index (χ1v) is 35.0. The van der Waals surface area contributed by atoms with Crippen molar-refractivity contribution in [2.45, 2.75) is 261 Å². The van der Waals surface area contributed by atoms with Gasteiger partial charge in [-0.05, 0) is 141 Å². The van der Waals surface area contributed by atoms with Crippen LogP contribution in [0.25, 0.3) is 59.5 Å². The van der Waals surface area contributed by atoms with Gasteiger partial charge in [0.15, 0.2) is 5.78 Å². The lowest BCUT2D eigenvalue weighted by molar-refractivity contribution is 0.0912. The number of unbranched alkanes of at least 4 members (excludes halogenated alkanes) is 21. The molecule has 1 atom stereocenters. The van der Waals surface area contributed by atoms with Crippen molar-refractivity contribution in [3.05, 3.63) is 67.2 Å². The molecule has 0 aliphatic rings. The predicted octanol–water partition coefficient (Wildman–Crippen LogP) is 25.1. The van der Waals surface area contributed by atoms with E-state index in [1.165, 1.54) is 227 Å². The van der Waals surface area contributed by atoms with Crippen molar-refractivity contribution in [2.75, 3.05) is 0 Å². The zero-order chi connectivity index (χ0) is 51.5. The zero-order valence-corrected chi connectivity index (χ0v) is 51.8. The van der Waals surface area contributed by atoms with Crippen molar-refractivity contribution in [1.29, 1.82) is 0 Å². The van der Waals surface area contributed by atoms with Gasteiger partial charge in [-0.3, -0.25) is 4.79 Å². The number of hydrogen-bond acceptors (Lipinski definition) is 7. The highest BCUT2D eigenvalue weighted by Gasteiger charge is 2.28. The highest BCUT2D eigenvalue weighted by molar-refractivity contribution is 7.34. The molecule has 1 aromatic carbocycles. The fourth-order valence-electron chi connectivity index (χ4n) is 11.4. The summed E-state index contributed by atoms with van der Waals surface area (Å²) < 4.78 is 4.51. The molecule has 0 aliphatic heterocycles. The smallest absolute Gasteiger partial charge is 0.175 e. The number of carbonyl (C=O) groups is 1. The van der Waals surface area contributed by atoms with E-state index < -0.39 is 0 Å². The molecule has 1 nitrogen and oxygen atoms in total. The van der Waals surface area contributed by atoms with Crippen LogP contribution in [0.3, 0.4) is 0 Å². The van der Waals surface area contributed by atoms with Crippen LogP contribution in [-0.2, 0) is 25.7 Å². The molecule has 0 spiro atoms. The molecule has 0 fully saturated rings. The molecule has 73 heavy (non-hydrogen) atoms. The molecule has 0 aliphatic carbocycles. The first-order chi connectivity index (χ1) is 35.7. The summed E-state index contributed by atoms with van der Waals surface area (Å²) in [6.07, 6.45) is 40.5. The summed E-state index contributed by atoms with van der Waals surface area (Å²) in [6, 6.07) is 12.7. The maximum Gasteiger partial charge on any atom is 0.175 e. The van der Waals surface area contributed by atoms with Crippen LogP contribution in [0, 0.1) is 19.8 Å². The van der Waals surface area contributed by atoms with E-state index in [4.69, 9.17) is 0 Å². The Hall–Kier alpha value is -2.13. The minimum atomic E-state index is 0.103. The van der Waals surface area contributed by atoms with Gasteiger partial charge in [-0.25, -0.2) is 0 Å². The lowest BCUT2D eigenvalue weighted by Crippen LogP contribution is -2.12. The molecule has 0 amide bonds. The van der Waals surface area contributed by atoms with E-state index in [0.29, 0.717) is 5.78 Å². The lowest BCUT2D eigenvalue weighted by Gasteiger charge is -2.12. The van der Waals surface area contributed by atoms with Crippen molar-refractivity contribution in [3.63, 3.8) is 0 Å². The van der Waals surface area contributed by atoms with Gasteiger partial charge in [-0.15, -0.1) is 68.0 Å². The number of hydrogen-bond donors (Lipinski definition) is 0. The number of Topliss-reactive ketones (excluding diaryl/α,β-unsaturated/α-hetero) is 1. The van der Waals surface area contributed by atoms with Crippen LogP contribution in [0.4, 0.5) is 0 Å². The molecule has 7 aromatic rings. The van der Waals surface area contributed by atoms with E-state index in [-0.39, 0.29) is 5.92 Å². The third-order valence-corrected chi connectivity index (χ3v) is 23.3. The van der Waals surface area contributed by atoms with Gasteiger partial charge in [0, 0.05) is 50.0 Å². The second kappa shape index (κ2) is 30.7. The Bertz CT molecular complexity index is 2670. The van der Waals surface area contributed by atoms with Crippen LogP contribution in [0.1, 0.15) is 263 Å². The maximum atomic E-state index is 14.6. The molecule has 0 saturated carbocycles. The first-order valence-electron chi connectivity index (χ1n) is 30.1. The molecule has 6 aromatic heterocycles. The molecule has 0 radical (unpaired) electrons. The van der Waals surface area contributed by atoms with Crippen LogP contribution in [0.2, 0.25) is 0 Å². The van der Waals surface area contributed by atoms with Gasteiger partial charge < -0.3 is 0 Å². The van der Waals surface area contributed by atoms with Crippen molar-refractivity contribution in [1.82, 2.24) is 0 Å². The highest BCUT2D eigenvalue weighted by Crippen LogP contribution is 2.55. The molecule has 0 bridgehead atoms. The molecule has 0 N–H and O–H groups in total. The monoisotopic (exact) mass is 1090 g/mol. The molecule has 400 valence electrons. The average molecular weight is 1100 g/mol. The van der Waals surface area contributed by atoms with Crippen molar-refractivity contribution in [3.8, 4) is 29.3 Å². The van der Waals surface area contributed by atoms with E-state index in [2.05, 4.69) is 131 Å².